The van der Waals surface area contributed by atoms with Crippen molar-refractivity contribution in [1.82, 2.24) is 4.90 Å². The third-order valence-electron chi connectivity index (χ3n) is 4.64. The molecule has 0 aromatic heterocycles. The van der Waals surface area contributed by atoms with E-state index in [1.807, 2.05) is 29.2 Å². The van der Waals surface area contributed by atoms with Crippen molar-refractivity contribution in [2.75, 3.05) is 5.73 Å². The maximum Gasteiger partial charge on any atom is 0.227 e. The van der Waals surface area contributed by atoms with Gasteiger partial charge in [0.25, 0.3) is 0 Å². The second kappa shape index (κ2) is 7.08. The van der Waals surface area contributed by atoms with Crippen LogP contribution in [0.5, 0.6) is 0 Å². The fourth-order valence-corrected chi connectivity index (χ4v) is 2.92. The SMILES string of the molecule is CC(C)c1ccc(CN(C(=O)Cc2ccc(N)cc2)C2CC2)cc1. The van der Waals surface area contributed by atoms with Crippen LogP contribution in [0.15, 0.2) is 48.5 Å². The van der Waals surface area contributed by atoms with Crippen molar-refractivity contribution in [2.24, 2.45) is 0 Å². The number of amides is 1. The molecule has 0 aliphatic heterocycles. The topological polar surface area (TPSA) is 46.3 Å². The zero-order chi connectivity index (χ0) is 17.1. The van der Waals surface area contributed by atoms with Crippen LogP contribution >= 0.6 is 0 Å². The van der Waals surface area contributed by atoms with Crippen LogP contribution in [0.1, 0.15) is 49.3 Å². The number of nitrogens with two attached hydrogens (primary N) is 1. The number of carbonyl (C=O) groups excluding carboxylic acids is 1. The van der Waals surface area contributed by atoms with Crippen LogP contribution in [0.25, 0.3) is 0 Å². The Morgan fingerprint density at radius 3 is 2.17 bits per heavy atom. The summed E-state index contributed by atoms with van der Waals surface area (Å²) in [6.45, 7) is 5.10. The van der Waals surface area contributed by atoms with Crippen molar-refractivity contribution in [3.05, 3.63) is 65.2 Å². The summed E-state index contributed by atoms with van der Waals surface area (Å²) in [6, 6.07) is 16.7. The molecule has 3 rings (SSSR count). The maximum atomic E-state index is 12.8. The van der Waals surface area contributed by atoms with Gasteiger partial charge in [-0.1, -0.05) is 50.2 Å². The van der Waals surface area contributed by atoms with Crippen molar-refractivity contribution >= 4 is 11.6 Å². The van der Waals surface area contributed by atoms with Crippen LogP contribution < -0.4 is 5.73 Å². The van der Waals surface area contributed by atoms with Crippen molar-refractivity contribution < 1.29 is 4.79 Å². The zero-order valence-corrected chi connectivity index (χ0v) is 14.5. The van der Waals surface area contributed by atoms with Gasteiger partial charge in [0.15, 0.2) is 0 Å². The number of carbonyl (C=O) groups is 1. The third-order valence-corrected chi connectivity index (χ3v) is 4.64. The summed E-state index contributed by atoms with van der Waals surface area (Å²) in [5, 5.41) is 0. The van der Waals surface area contributed by atoms with E-state index in [9.17, 15) is 4.79 Å². The van der Waals surface area contributed by atoms with E-state index in [-0.39, 0.29) is 5.91 Å². The van der Waals surface area contributed by atoms with Crippen LogP contribution in [-0.4, -0.2) is 16.8 Å². The minimum atomic E-state index is 0.204. The summed E-state index contributed by atoms with van der Waals surface area (Å²) >= 11 is 0. The molecule has 2 N–H and O–H groups in total. The van der Waals surface area contributed by atoms with Gasteiger partial charge in [0.1, 0.15) is 0 Å². The Balaban J connectivity index is 1.68. The minimum absolute atomic E-state index is 0.204. The molecule has 0 atom stereocenters. The summed E-state index contributed by atoms with van der Waals surface area (Å²) in [7, 11) is 0. The molecule has 1 aliphatic carbocycles. The van der Waals surface area contributed by atoms with Crippen molar-refractivity contribution in [3.63, 3.8) is 0 Å². The first-order valence-corrected chi connectivity index (χ1v) is 8.75. The van der Waals surface area contributed by atoms with Gasteiger partial charge in [-0.2, -0.15) is 0 Å². The van der Waals surface area contributed by atoms with Crippen LogP contribution in [0, 0.1) is 0 Å². The molecule has 1 amide bonds. The van der Waals surface area contributed by atoms with Crippen molar-refractivity contribution in [1.29, 1.82) is 0 Å². The molecule has 1 aliphatic rings. The highest BCUT2D eigenvalue weighted by atomic mass is 16.2. The number of hydrogen-bond donors (Lipinski definition) is 1. The Morgan fingerprint density at radius 1 is 1.04 bits per heavy atom. The fraction of sp³-hybridized carbons (Fsp3) is 0.381. The van der Waals surface area contributed by atoms with E-state index in [2.05, 4.69) is 38.1 Å². The average molecular weight is 322 g/mol. The Hall–Kier alpha value is -2.29. The summed E-state index contributed by atoms with van der Waals surface area (Å²) in [5.74, 6) is 0.737. The van der Waals surface area contributed by atoms with E-state index in [0.29, 0.717) is 24.9 Å². The van der Waals surface area contributed by atoms with Crippen LogP contribution in [-0.2, 0) is 17.8 Å². The predicted molar refractivity (Wildman–Crippen MR) is 98.7 cm³/mol. The molecule has 2 aromatic carbocycles. The summed E-state index contributed by atoms with van der Waals surface area (Å²) in [6.07, 6.45) is 2.69. The normalized spacial score (nSPS) is 14.0. The highest BCUT2D eigenvalue weighted by Gasteiger charge is 2.32. The lowest BCUT2D eigenvalue weighted by atomic mass is 10.0. The second-order valence-electron chi connectivity index (χ2n) is 7.07. The molecule has 0 saturated heterocycles. The first-order chi connectivity index (χ1) is 11.5. The van der Waals surface area contributed by atoms with Gasteiger partial charge in [-0.25, -0.2) is 0 Å². The van der Waals surface area contributed by atoms with E-state index >= 15 is 0 Å². The predicted octanol–water partition coefficient (Wildman–Crippen LogP) is 4.13. The van der Waals surface area contributed by atoms with Gasteiger partial charge in [0.2, 0.25) is 5.91 Å². The highest BCUT2D eigenvalue weighted by Crippen LogP contribution is 2.29. The Morgan fingerprint density at radius 2 is 1.62 bits per heavy atom. The lowest BCUT2D eigenvalue weighted by Crippen LogP contribution is -2.33. The number of nitrogen functional groups attached to an aromatic ring is 1. The Kier molecular flexibility index (Phi) is 4.89. The van der Waals surface area contributed by atoms with Gasteiger partial charge in [0, 0.05) is 18.3 Å². The molecule has 24 heavy (non-hydrogen) atoms. The summed E-state index contributed by atoms with van der Waals surface area (Å²) < 4.78 is 0. The van der Waals surface area contributed by atoms with Crippen molar-refractivity contribution in [3.8, 4) is 0 Å². The molecule has 0 unspecified atom stereocenters. The molecule has 2 aromatic rings. The largest absolute Gasteiger partial charge is 0.399 e. The van der Waals surface area contributed by atoms with E-state index in [0.717, 1.165) is 24.1 Å². The Labute approximate surface area is 144 Å². The third kappa shape index (κ3) is 4.16. The zero-order valence-electron chi connectivity index (χ0n) is 14.5. The van der Waals surface area contributed by atoms with Crippen LogP contribution in [0.4, 0.5) is 5.69 Å². The summed E-state index contributed by atoms with van der Waals surface area (Å²) in [5.41, 5.74) is 10.0. The van der Waals surface area contributed by atoms with Gasteiger partial charge >= 0.3 is 0 Å². The molecular formula is C21H26N2O. The molecule has 1 fully saturated rings. The molecule has 126 valence electrons. The average Bonchev–Trinajstić information content (AvgIpc) is 3.40. The molecular weight excluding hydrogens is 296 g/mol. The lowest BCUT2D eigenvalue weighted by molar-refractivity contribution is -0.131. The number of hydrogen-bond acceptors (Lipinski definition) is 2. The van der Waals surface area contributed by atoms with Crippen molar-refractivity contribution in [2.45, 2.75) is 51.6 Å². The number of benzene rings is 2. The highest BCUT2D eigenvalue weighted by molar-refractivity contribution is 5.79. The number of nitrogens with zero attached hydrogens (tertiary/aromatic N) is 1. The summed E-state index contributed by atoms with van der Waals surface area (Å²) in [4.78, 5) is 14.8. The molecule has 0 spiro atoms. The monoisotopic (exact) mass is 322 g/mol. The number of rotatable bonds is 6. The second-order valence-corrected chi connectivity index (χ2v) is 7.07. The molecule has 0 radical (unpaired) electrons. The van der Waals surface area contributed by atoms with Gasteiger partial charge in [-0.05, 0) is 47.6 Å². The first kappa shape index (κ1) is 16.6. The first-order valence-electron chi connectivity index (χ1n) is 8.75. The minimum Gasteiger partial charge on any atom is -0.399 e. The quantitative estimate of drug-likeness (QED) is 0.813. The molecule has 1 saturated carbocycles. The smallest absolute Gasteiger partial charge is 0.227 e. The molecule has 0 heterocycles. The fourth-order valence-electron chi connectivity index (χ4n) is 2.92. The molecule has 3 heteroatoms. The molecule has 0 bridgehead atoms. The van der Waals surface area contributed by atoms with E-state index in [4.69, 9.17) is 5.73 Å². The number of anilines is 1. The van der Waals surface area contributed by atoms with E-state index in [1.165, 1.54) is 11.1 Å². The van der Waals surface area contributed by atoms with Gasteiger partial charge in [-0.15, -0.1) is 0 Å². The van der Waals surface area contributed by atoms with E-state index in [1.54, 1.807) is 0 Å². The Bertz CT molecular complexity index is 685. The van der Waals surface area contributed by atoms with Gasteiger partial charge in [0.05, 0.1) is 6.42 Å². The molecule has 3 nitrogen and oxygen atoms in total. The van der Waals surface area contributed by atoms with Gasteiger partial charge in [-0.3, -0.25) is 4.79 Å². The van der Waals surface area contributed by atoms with E-state index < -0.39 is 0 Å². The maximum absolute atomic E-state index is 12.8. The lowest BCUT2D eigenvalue weighted by Gasteiger charge is -2.23. The van der Waals surface area contributed by atoms with Crippen LogP contribution in [0.3, 0.4) is 0 Å². The van der Waals surface area contributed by atoms with Crippen LogP contribution in [0.2, 0.25) is 0 Å². The van der Waals surface area contributed by atoms with Gasteiger partial charge < -0.3 is 10.6 Å². The standard InChI is InChI=1S/C21H26N2O/c1-15(2)18-7-3-17(4-8-18)14-23(20-11-12-20)21(24)13-16-5-9-19(22)10-6-16/h3-10,15,20H,11-14,22H2,1-2H3.